The van der Waals surface area contributed by atoms with Crippen LogP contribution >= 0.6 is 11.5 Å². The summed E-state index contributed by atoms with van der Waals surface area (Å²) in [6, 6.07) is -0.151. The van der Waals surface area contributed by atoms with Gasteiger partial charge in [0.05, 0.1) is 12.2 Å². The maximum atomic E-state index is 11.5. The number of carbonyl (C=O) groups is 1. The summed E-state index contributed by atoms with van der Waals surface area (Å²) >= 11 is 1.17. The molecular weight excluding hydrogens is 188 g/mol. The molecule has 0 fully saturated rings. The van der Waals surface area contributed by atoms with Gasteiger partial charge in [-0.2, -0.15) is 0 Å². The molecular formula is C7H12N4OS. The predicted molar refractivity (Wildman–Crippen MR) is 51.7 cm³/mol. The smallest absolute Gasteiger partial charge is 0.242 e. The van der Waals surface area contributed by atoms with Crippen LogP contribution in [0.5, 0.6) is 0 Å². The van der Waals surface area contributed by atoms with E-state index in [0.717, 1.165) is 0 Å². The van der Waals surface area contributed by atoms with Gasteiger partial charge in [0.1, 0.15) is 5.00 Å². The first-order valence-electron chi connectivity index (χ1n) is 3.86. The Morgan fingerprint density at radius 2 is 2.38 bits per heavy atom. The second-order valence-electron chi connectivity index (χ2n) is 2.91. The van der Waals surface area contributed by atoms with Crippen LogP contribution in [-0.4, -0.2) is 40.5 Å². The van der Waals surface area contributed by atoms with Crippen LogP contribution in [0, 0.1) is 0 Å². The molecule has 0 saturated heterocycles. The van der Waals surface area contributed by atoms with Gasteiger partial charge in [0.15, 0.2) is 0 Å². The topological polar surface area (TPSA) is 58.1 Å². The van der Waals surface area contributed by atoms with Crippen LogP contribution in [0.4, 0.5) is 5.00 Å². The van der Waals surface area contributed by atoms with E-state index in [1.54, 1.807) is 0 Å². The van der Waals surface area contributed by atoms with Crippen LogP contribution < -0.4 is 5.32 Å². The first kappa shape index (κ1) is 10.1. The molecule has 1 amide bonds. The van der Waals surface area contributed by atoms with E-state index in [9.17, 15) is 4.79 Å². The Labute approximate surface area is 80.9 Å². The maximum absolute atomic E-state index is 11.5. The third-order valence-electron chi connectivity index (χ3n) is 1.76. The fourth-order valence-electron chi connectivity index (χ4n) is 0.683. The molecule has 0 bridgehead atoms. The third-order valence-corrected chi connectivity index (χ3v) is 2.34. The zero-order valence-electron chi connectivity index (χ0n) is 7.81. The molecule has 5 nitrogen and oxygen atoms in total. The average molecular weight is 200 g/mol. The van der Waals surface area contributed by atoms with Crippen LogP contribution in [0.2, 0.25) is 0 Å². The van der Waals surface area contributed by atoms with Gasteiger partial charge >= 0.3 is 0 Å². The Morgan fingerprint density at radius 3 is 2.85 bits per heavy atom. The van der Waals surface area contributed by atoms with Gasteiger partial charge in [-0.05, 0) is 21.0 Å². The highest BCUT2D eigenvalue weighted by molar-refractivity contribution is 7.10. The lowest BCUT2D eigenvalue weighted by Crippen LogP contribution is -2.36. The Hall–Kier alpha value is -1.01. The van der Waals surface area contributed by atoms with E-state index in [-0.39, 0.29) is 11.9 Å². The summed E-state index contributed by atoms with van der Waals surface area (Å²) in [6.45, 7) is 1.84. The highest BCUT2D eigenvalue weighted by Crippen LogP contribution is 2.09. The Morgan fingerprint density at radius 1 is 1.69 bits per heavy atom. The van der Waals surface area contributed by atoms with E-state index >= 15 is 0 Å². The quantitative estimate of drug-likeness (QED) is 0.768. The summed E-state index contributed by atoms with van der Waals surface area (Å²) in [6.07, 6.45) is 1.53. The molecule has 0 spiro atoms. The molecule has 0 aromatic carbocycles. The average Bonchev–Trinajstić information content (AvgIpc) is 2.55. The first-order chi connectivity index (χ1) is 6.11. The monoisotopic (exact) mass is 200 g/mol. The summed E-state index contributed by atoms with van der Waals surface area (Å²) in [5.41, 5.74) is 0. The van der Waals surface area contributed by atoms with Gasteiger partial charge < -0.3 is 5.32 Å². The lowest BCUT2D eigenvalue weighted by Gasteiger charge is -2.17. The molecule has 1 N–H and O–H groups in total. The number of carbonyl (C=O) groups excluding carboxylic acids is 1. The second kappa shape index (κ2) is 4.29. The van der Waals surface area contributed by atoms with E-state index in [4.69, 9.17) is 0 Å². The standard InChI is InChI=1S/C7H12N4OS/c1-5(11(2)3)7(12)9-6-4-8-10-13-6/h4-5H,1-3H3,(H,9,12)/t5-/m0/s1. The number of nitrogens with one attached hydrogen (secondary N) is 1. The number of nitrogens with zero attached hydrogens (tertiary/aromatic N) is 3. The van der Waals surface area contributed by atoms with Crippen molar-refractivity contribution in [3.05, 3.63) is 6.20 Å². The number of anilines is 1. The summed E-state index contributed by atoms with van der Waals surface area (Å²) in [7, 11) is 3.71. The van der Waals surface area contributed by atoms with Crippen molar-refractivity contribution < 1.29 is 4.79 Å². The van der Waals surface area contributed by atoms with Crippen molar-refractivity contribution in [1.82, 2.24) is 14.5 Å². The molecule has 0 aliphatic rings. The van der Waals surface area contributed by atoms with Crippen molar-refractivity contribution >= 4 is 22.4 Å². The van der Waals surface area contributed by atoms with Gasteiger partial charge in [0.25, 0.3) is 0 Å². The van der Waals surface area contributed by atoms with Gasteiger partial charge in [-0.1, -0.05) is 4.49 Å². The van der Waals surface area contributed by atoms with Crippen molar-refractivity contribution in [3.8, 4) is 0 Å². The molecule has 0 aliphatic carbocycles. The SMILES string of the molecule is C[C@@H](C(=O)Nc1cnns1)N(C)C. The van der Waals surface area contributed by atoms with Crippen molar-refractivity contribution in [1.29, 1.82) is 0 Å². The van der Waals surface area contributed by atoms with Crippen molar-refractivity contribution in [3.63, 3.8) is 0 Å². The largest absolute Gasteiger partial charge is 0.314 e. The fraction of sp³-hybridized carbons (Fsp3) is 0.571. The van der Waals surface area contributed by atoms with Gasteiger partial charge in [-0.25, -0.2) is 0 Å². The van der Waals surface area contributed by atoms with E-state index in [2.05, 4.69) is 14.9 Å². The molecule has 0 unspecified atom stereocenters. The van der Waals surface area contributed by atoms with Crippen LogP contribution in [0.3, 0.4) is 0 Å². The maximum Gasteiger partial charge on any atom is 0.242 e. The number of aromatic nitrogens is 2. The summed E-state index contributed by atoms with van der Waals surface area (Å²) in [5.74, 6) is -0.0453. The number of likely N-dealkylation sites (N-methyl/N-ethyl adjacent to an activating group) is 1. The van der Waals surface area contributed by atoms with E-state index in [1.807, 2.05) is 25.9 Å². The Balaban J connectivity index is 2.51. The first-order valence-corrected chi connectivity index (χ1v) is 4.63. The molecule has 1 atom stereocenters. The zero-order valence-corrected chi connectivity index (χ0v) is 8.63. The Kier molecular flexibility index (Phi) is 3.32. The molecule has 13 heavy (non-hydrogen) atoms. The summed E-state index contributed by atoms with van der Waals surface area (Å²) in [4.78, 5) is 13.3. The lowest BCUT2D eigenvalue weighted by molar-refractivity contribution is -0.119. The minimum absolute atomic E-state index is 0.0453. The van der Waals surface area contributed by atoms with Crippen molar-refractivity contribution in [2.45, 2.75) is 13.0 Å². The highest BCUT2D eigenvalue weighted by Gasteiger charge is 2.15. The zero-order chi connectivity index (χ0) is 9.84. The highest BCUT2D eigenvalue weighted by atomic mass is 32.1. The molecule has 0 saturated carbocycles. The Bertz CT molecular complexity index is 272. The molecule has 0 aliphatic heterocycles. The minimum Gasteiger partial charge on any atom is -0.314 e. The van der Waals surface area contributed by atoms with Gasteiger partial charge in [0.2, 0.25) is 5.91 Å². The minimum atomic E-state index is -0.151. The predicted octanol–water partition coefficient (Wildman–Crippen LogP) is 0.427. The fourth-order valence-corrected chi connectivity index (χ4v) is 1.11. The lowest BCUT2D eigenvalue weighted by atomic mass is 10.3. The van der Waals surface area contributed by atoms with E-state index < -0.39 is 0 Å². The van der Waals surface area contributed by atoms with Gasteiger partial charge in [-0.15, -0.1) is 5.10 Å². The number of amides is 1. The molecule has 0 radical (unpaired) electrons. The van der Waals surface area contributed by atoms with Gasteiger partial charge in [-0.3, -0.25) is 9.69 Å². The molecule has 1 aromatic heterocycles. The number of rotatable bonds is 3. The third kappa shape index (κ3) is 2.74. The molecule has 6 heteroatoms. The van der Waals surface area contributed by atoms with Crippen LogP contribution in [-0.2, 0) is 4.79 Å². The van der Waals surface area contributed by atoms with E-state index in [0.29, 0.717) is 5.00 Å². The molecule has 72 valence electrons. The molecule has 1 heterocycles. The van der Waals surface area contributed by atoms with E-state index in [1.165, 1.54) is 17.7 Å². The number of hydrogen-bond donors (Lipinski definition) is 1. The van der Waals surface area contributed by atoms with Crippen molar-refractivity contribution in [2.24, 2.45) is 0 Å². The molecule has 1 rings (SSSR count). The summed E-state index contributed by atoms with van der Waals surface area (Å²) in [5, 5.41) is 7.01. The van der Waals surface area contributed by atoms with Crippen LogP contribution in [0.1, 0.15) is 6.92 Å². The van der Waals surface area contributed by atoms with Gasteiger partial charge in [0, 0.05) is 11.5 Å². The van der Waals surface area contributed by atoms with Crippen LogP contribution in [0.15, 0.2) is 6.20 Å². The second-order valence-corrected chi connectivity index (χ2v) is 3.70. The normalized spacial score (nSPS) is 12.9. The molecule has 1 aromatic rings. The van der Waals surface area contributed by atoms with Crippen LogP contribution in [0.25, 0.3) is 0 Å². The van der Waals surface area contributed by atoms with Crippen molar-refractivity contribution in [2.75, 3.05) is 19.4 Å². The summed E-state index contributed by atoms with van der Waals surface area (Å²) < 4.78 is 3.64. The number of hydrogen-bond acceptors (Lipinski definition) is 5.